The van der Waals surface area contributed by atoms with Crippen molar-refractivity contribution in [3.8, 4) is 0 Å². The highest BCUT2D eigenvalue weighted by atomic mass is 32.2. The molecule has 0 aliphatic carbocycles. The molecule has 0 spiro atoms. The van der Waals surface area contributed by atoms with Gasteiger partial charge in [0.1, 0.15) is 0 Å². The fraction of sp³-hybridized carbons (Fsp3) is 0.222. The summed E-state index contributed by atoms with van der Waals surface area (Å²) in [6.45, 7) is 0. The van der Waals surface area contributed by atoms with Gasteiger partial charge in [-0.3, -0.25) is 14.9 Å². The van der Waals surface area contributed by atoms with Gasteiger partial charge in [-0.2, -0.15) is 13.2 Å². The van der Waals surface area contributed by atoms with Crippen molar-refractivity contribution in [2.24, 2.45) is 7.05 Å². The second kappa shape index (κ2) is 8.82. The maximum atomic E-state index is 13.3. The average molecular weight is 467 g/mol. The molecule has 1 heterocycles. The third kappa shape index (κ3) is 4.96. The van der Waals surface area contributed by atoms with E-state index in [0.717, 1.165) is 30.0 Å². The molecule has 0 fully saturated rings. The minimum absolute atomic E-state index is 0.0569. The molecule has 0 aliphatic rings. The molecule has 2 aromatic carbocycles. The predicted molar refractivity (Wildman–Crippen MR) is 110 cm³/mol. The Balaban J connectivity index is 1.98. The Morgan fingerprint density at radius 3 is 2.50 bits per heavy atom. The maximum absolute atomic E-state index is 13.3. The SMILES string of the molecule is CN(C)c1cc(NC(=O)c2cc([N+](=O)[O-])ccc2Sc2nnnn2C)ccc1C(F)(F)F. The molecule has 0 atom stereocenters. The molecular weight excluding hydrogens is 451 g/mol. The number of non-ortho nitro benzene ring substituents is 1. The number of nitro groups is 1. The summed E-state index contributed by atoms with van der Waals surface area (Å²) < 4.78 is 41.1. The number of aryl methyl sites for hydroxylation is 1. The summed E-state index contributed by atoms with van der Waals surface area (Å²) in [7, 11) is 4.47. The number of nitrogens with zero attached hydrogens (tertiary/aromatic N) is 6. The summed E-state index contributed by atoms with van der Waals surface area (Å²) in [6, 6.07) is 6.84. The van der Waals surface area contributed by atoms with Gasteiger partial charge < -0.3 is 10.2 Å². The third-order valence-electron chi connectivity index (χ3n) is 4.24. The summed E-state index contributed by atoms with van der Waals surface area (Å²) in [5.41, 5.74) is -1.29. The highest BCUT2D eigenvalue weighted by molar-refractivity contribution is 7.99. The molecule has 3 rings (SSSR count). The second-order valence-electron chi connectivity index (χ2n) is 6.70. The molecule has 1 N–H and O–H groups in total. The standard InChI is InChI=1S/C18H16F3N7O3S/c1-26(2)14-8-10(4-6-13(14)18(19,20)21)22-16(29)12-9-11(28(30)31)5-7-15(12)32-17-23-24-25-27(17)3/h4-9H,1-3H3,(H,22,29). The lowest BCUT2D eigenvalue weighted by molar-refractivity contribution is -0.384. The van der Waals surface area contributed by atoms with Gasteiger partial charge in [0.2, 0.25) is 5.16 Å². The number of carbonyl (C=O) groups excluding carboxylic acids is 1. The van der Waals surface area contributed by atoms with Crippen molar-refractivity contribution in [2.45, 2.75) is 16.2 Å². The number of aromatic nitrogens is 4. The van der Waals surface area contributed by atoms with Crippen LogP contribution in [0.3, 0.4) is 0 Å². The summed E-state index contributed by atoms with van der Waals surface area (Å²) in [5, 5.41) is 25.0. The summed E-state index contributed by atoms with van der Waals surface area (Å²) in [5.74, 6) is -0.740. The van der Waals surface area contributed by atoms with Crippen LogP contribution >= 0.6 is 11.8 Å². The topological polar surface area (TPSA) is 119 Å². The van der Waals surface area contributed by atoms with Gasteiger partial charge in [0, 0.05) is 43.9 Å². The number of rotatable bonds is 6. The van der Waals surface area contributed by atoms with Gasteiger partial charge in [-0.25, -0.2) is 4.68 Å². The number of anilines is 2. The van der Waals surface area contributed by atoms with Crippen molar-refractivity contribution < 1.29 is 22.9 Å². The Morgan fingerprint density at radius 1 is 1.22 bits per heavy atom. The number of carbonyl (C=O) groups is 1. The second-order valence-corrected chi connectivity index (χ2v) is 7.71. The zero-order valence-corrected chi connectivity index (χ0v) is 17.7. The smallest absolute Gasteiger partial charge is 0.377 e. The van der Waals surface area contributed by atoms with E-state index >= 15 is 0 Å². The fourth-order valence-corrected chi connectivity index (χ4v) is 3.56. The van der Waals surface area contributed by atoms with Crippen molar-refractivity contribution in [2.75, 3.05) is 24.3 Å². The van der Waals surface area contributed by atoms with Crippen LogP contribution in [0.5, 0.6) is 0 Å². The fourth-order valence-electron chi connectivity index (χ4n) is 2.72. The Hall–Kier alpha value is -3.68. The van der Waals surface area contributed by atoms with E-state index in [0.29, 0.717) is 10.1 Å². The zero-order valence-electron chi connectivity index (χ0n) is 16.9. The Bertz CT molecular complexity index is 1180. The molecule has 32 heavy (non-hydrogen) atoms. The molecule has 10 nitrogen and oxygen atoms in total. The molecule has 0 bridgehead atoms. The molecular formula is C18H16F3N7O3S. The average Bonchev–Trinajstić information content (AvgIpc) is 3.11. The van der Waals surface area contributed by atoms with E-state index in [1.165, 1.54) is 41.9 Å². The highest BCUT2D eigenvalue weighted by Crippen LogP contribution is 2.38. The van der Waals surface area contributed by atoms with Gasteiger partial charge in [-0.1, -0.05) is 0 Å². The molecule has 0 radical (unpaired) electrons. The largest absolute Gasteiger partial charge is 0.418 e. The molecule has 0 saturated carbocycles. The minimum Gasteiger partial charge on any atom is -0.377 e. The number of hydrogen-bond acceptors (Lipinski definition) is 8. The van der Waals surface area contributed by atoms with E-state index in [9.17, 15) is 28.1 Å². The first kappa shape index (κ1) is 23.0. The number of hydrogen-bond donors (Lipinski definition) is 1. The number of benzene rings is 2. The van der Waals surface area contributed by atoms with E-state index in [1.807, 2.05) is 0 Å². The number of tetrazole rings is 1. The van der Waals surface area contributed by atoms with Crippen LogP contribution in [0.4, 0.5) is 30.2 Å². The van der Waals surface area contributed by atoms with E-state index in [1.54, 1.807) is 7.05 Å². The van der Waals surface area contributed by atoms with Crippen molar-refractivity contribution in [3.05, 3.63) is 57.6 Å². The van der Waals surface area contributed by atoms with E-state index in [4.69, 9.17) is 0 Å². The van der Waals surface area contributed by atoms with Crippen LogP contribution in [0.1, 0.15) is 15.9 Å². The molecule has 14 heteroatoms. The lowest BCUT2D eigenvalue weighted by Gasteiger charge is -2.20. The summed E-state index contributed by atoms with van der Waals surface area (Å²) in [6.07, 6.45) is -4.57. The Kier molecular flexibility index (Phi) is 6.34. The molecule has 0 unspecified atom stereocenters. The number of alkyl halides is 3. The number of nitrogens with one attached hydrogen (secondary N) is 1. The van der Waals surface area contributed by atoms with Gasteiger partial charge in [0.05, 0.1) is 21.7 Å². The van der Waals surface area contributed by atoms with Gasteiger partial charge >= 0.3 is 6.18 Å². The van der Waals surface area contributed by atoms with Crippen LogP contribution < -0.4 is 10.2 Å². The van der Waals surface area contributed by atoms with Crippen LogP contribution in [0.2, 0.25) is 0 Å². The van der Waals surface area contributed by atoms with E-state index in [2.05, 4.69) is 20.8 Å². The van der Waals surface area contributed by atoms with Crippen molar-refractivity contribution in [3.63, 3.8) is 0 Å². The van der Waals surface area contributed by atoms with Crippen LogP contribution in [-0.2, 0) is 13.2 Å². The maximum Gasteiger partial charge on any atom is 0.418 e. The van der Waals surface area contributed by atoms with Gasteiger partial charge in [-0.05, 0) is 46.5 Å². The van der Waals surface area contributed by atoms with Gasteiger partial charge in [0.15, 0.2) is 0 Å². The number of halogens is 3. The van der Waals surface area contributed by atoms with Crippen molar-refractivity contribution in [1.29, 1.82) is 0 Å². The minimum atomic E-state index is -4.57. The third-order valence-corrected chi connectivity index (χ3v) is 5.35. The number of nitro benzene ring substituents is 1. The number of amides is 1. The van der Waals surface area contributed by atoms with Crippen molar-refractivity contribution >= 4 is 34.7 Å². The van der Waals surface area contributed by atoms with Crippen LogP contribution in [0, 0.1) is 10.1 Å². The first-order valence-corrected chi connectivity index (χ1v) is 9.67. The molecule has 3 aromatic rings. The monoisotopic (exact) mass is 467 g/mol. The van der Waals surface area contributed by atoms with Gasteiger partial charge in [0.25, 0.3) is 11.6 Å². The Morgan fingerprint density at radius 2 is 1.94 bits per heavy atom. The first-order chi connectivity index (χ1) is 15.0. The lowest BCUT2D eigenvalue weighted by Crippen LogP contribution is -2.18. The van der Waals surface area contributed by atoms with Crippen LogP contribution in [0.25, 0.3) is 0 Å². The lowest BCUT2D eigenvalue weighted by atomic mass is 10.1. The van der Waals surface area contributed by atoms with Crippen LogP contribution in [-0.4, -0.2) is 45.1 Å². The Labute approximate surface area is 183 Å². The predicted octanol–water partition coefficient (Wildman–Crippen LogP) is 3.61. The molecule has 1 amide bonds. The van der Waals surface area contributed by atoms with Gasteiger partial charge in [-0.15, -0.1) is 5.10 Å². The highest BCUT2D eigenvalue weighted by Gasteiger charge is 2.34. The summed E-state index contributed by atoms with van der Waals surface area (Å²) in [4.78, 5) is 25.1. The quantitative estimate of drug-likeness (QED) is 0.431. The van der Waals surface area contributed by atoms with E-state index < -0.39 is 22.6 Å². The molecule has 0 aliphatic heterocycles. The summed E-state index contributed by atoms with van der Waals surface area (Å²) >= 11 is 1.01. The first-order valence-electron chi connectivity index (χ1n) is 8.86. The normalized spacial score (nSPS) is 11.3. The van der Waals surface area contributed by atoms with Crippen molar-refractivity contribution in [1.82, 2.24) is 20.2 Å². The molecule has 168 valence electrons. The van der Waals surface area contributed by atoms with E-state index in [-0.39, 0.29) is 22.6 Å². The zero-order chi connectivity index (χ0) is 23.6. The molecule has 0 saturated heterocycles. The van der Waals surface area contributed by atoms with Crippen LogP contribution in [0.15, 0.2) is 46.5 Å². The molecule has 1 aromatic heterocycles.